The van der Waals surface area contributed by atoms with Crippen molar-refractivity contribution < 1.29 is 8.78 Å². The van der Waals surface area contributed by atoms with Crippen LogP contribution in [0.2, 0.25) is 0 Å². The number of anilines is 2. The van der Waals surface area contributed by atoms with Gasteiger partial charge in [0.2, 0.25) is 0 Å². The number of benzene rings is 2. The summed E-state index contributed by atoms with van der Waals surface area (Å²) in [6.45, 7) is 1.96. The predicted molar refractivity (Wildman–Crippen MR) is 77.4 cm³/mol. The van der Waals surface area contributed by atoms with E-state index in [-0.39, 0.29) is 10.8 Å². The van der Waals surface area contributed by atoms with Gasteiger partial charge in [0.15, 0.2) is 5.11 Å². The van der Waals surface area contributed by atoms with Gasteiger partial charge in [-0.25, -0.2) is 8.78 Å². The van der Waals surface area contributed by atoms with E-state index in [0.717, 1.165) is 17.3 Å². The largest absolute Gasteiger partial charge is 0.332 e. The van der Waals surface area contributed by atoms with Crippen LogP contribution in [0, 0.1) is 18.6 Å². The van der Waals surface area contributed by atoms with Crippen molar-refractivity contribution in [3.05, 3.63) is 59.7 Å². The van der Waals surface area contributed by atoms with Crippen molar-refractivity contribution in [2.24, 2.45) is 0 Å². The molecule has 2 aromatic rings. The summed E-state index contributed by atoms with van der Waals surface area (Å²) in [6.07, 6.45) is 0. The molecule has 0 aliphatic carbocycles. The summed E-state index contributed by atoms with van der Waals surface area (Å²) in [7, 11) is 0. The Bertz CT molecular complexity index is 614. The molecule has 0 bridgehead atoms. The summed E-state index contributed by atoms with van der Waals surface area (Å²) < 4.78 is 26.2. The minimum absolute atomic E-state index is 0.131. The van der Waals surface area contributed by atoms with Gasteiger partial charge in [0.25, 0.3) is 0 Å². The molecule has 2 N–H and O–H groups in total. The van der Waals surface area contributed by atoms with Crippen molar-refractivity contribution >= 4 is 28.7 Å². The Morgan fingerprint density at radius 1 is 1.05 bits per heavy atom. The van der Waals surface area contributed by atoms with Gasteiger partial charge < -0.3 is 10.6 Å². The number of hydrogen-bond acceptors (Lipinski definition) is 1. The van der Waals surface area contributed by atoms with Gasteiger partial charge in [-0.1, -0.05) is 12.1 Å². The molecule has 0 atom stereocenters. The summed E-state index contributed by atoms with van der Waals surface area (Å²) in [6, 6.07) is 10.9. The van der Waals surface area contributed by atoms with Crippen molar-refractivity contribution in [3.8, 4) is 0 Å². The van der Waals surface area contributed by atoms with Crippen LogP contribution in [0.5, 0.6) is 0 Å². The first-order valence-corrected chi connectivity index (χ1v) is 6.05. The highest BCUT2D eigenvalue weighted by Crippen LogP contribution is 2.16. The number of nitrogens with one attached hydrogen (secondary N) is 2. The first kappa shape index (κ1) is 13.4. The van der Waals surface area contributed by atoms with Crippen LogP contribution >= 0.6 is 12.2 Å². The van der Waals surface area contributed by atoms with Gasteiger partial charge in [-0.05, 0) is 49.0 Å². The fourth-order valence-electron chi connectivity index (χ4n) is 1.60. The van der Waals surface area contributed by atoms with Crippen LogP contribution in [0.3, 0.4) is 0 Å². The van der Waals surface area contributed by atoms with Crippen molar-refractivity contribution in [2.45, 2.75) is 6.92 Å². The van der Waals surface area contributed by atoms with E-state index in [1.807, 2.05) is 31.2 Å². The highest BCUT2D eigenvalue weighted by molar-refractivity contribution is 7.80. The first-order valence-electron chi connectivity index (χ1n) is 5.64. The Morgan fingerprint density at radius 2 is 1.84 bits per heavy atom. The Kier molecular flexibility index (Phi) is 4.06. The van der Waals surface area contributed by atoms with Crippen LogP contribution in [0.1, 0.15) is 5.56 Å². The van der Waals surface area contributed by atoms with Gasteiger partial charge in [0, 0.05) is 11.8 Å². The number of aryl methyl sites for hydroxylation is 1. The lowest BCUT2D eigenvalue weighted by molar-refractivity contribution is 0.586. The maximum atomic E-state index is 13.4. The fraction of sp³-hybridized carbons (Fsp3) is 0.0714. The Balaban J connectivity index is 2.05. The molecule has 0 unspecified atom stereocenters. The van der Waals surface area contributed by atoms with E-state index < -0.39 is 11.6 Å². The summed E-state index contributed by atoms with van der Waals surface area (Å²) >= 11 is 5.07. The minimum Gasteiger partial charge on any atom is -0.332 e. The van der Waals surface area contributed by atoms with Crippen LogP contribution in [0.4, 0.5) is 20.2 Å². The Hall–Kier alpha value is -2.01. The fourth-order valence-corrected chi connectivity index (χ4v) is 1.83. The second-order valence-electron chi connectivity index (χ2n) is 4.07. The van der Waals surface area contributed by atoms with Crippen molar-refractivity contribution in [2.75, 3.05) is 10.6 Å². The molecule has 0 aromatic heterocycles. The molecule has 2 nitrogen and oxygen atoms in total. The lowest BCUT2D eigenvalue weighted by Crippen LogP contribution is -2.19. The molecule has 0 heterocycles. The Morgan fingerprint density at radius 3 is 2.53 bits per heavy atom. The zero-order chi connectivity index (χ0) is 13.8. The number of rotatable bonds is 2. The lowest BCUT2D eigenvalue weighted by atomic mass is 10.2. The molecule has 0 fully saturated rings. The predicted octanol–water partition coefficient (Wildman–Crippen LogP) is 4.08. The maximum Gasteiger partial charge on any atom is 0.175 e. The summed E-state index contributed by atoms with van der Waals surface area (Å²) in [4.78, 5) is 0. The van der Waals surface area contributed by atoms with Crippen LogP contribution < -0.4 is 10.6 Å². The standard InChI is InChI=1S/C14H12F2N2S/c1-9-3-2-4-11(7-9)17-14(19)18-13-6-5-10(15)8-12(13)16/h2-8H,1H3,(H2,17,18,19). The third-order valence-electron chi connectivity index (χ3n) is 2.46. The second kappa shape index (κ2) is 5.75. The molecule has 0 saturated carbocycles. The molecule has 2 aromatic carbocycles. The molecule has 0 saturated heterocycles. The third-order valence-corrected chi connectivity index (χ3v) is 2.66. The van der Waals surface area contributed by atoms with E-state index in [2.05, 4.69) is 10.6 Å². The van der Waals surface area contributed by atoms with Gasteiger partial charge in [0.05, 0.1) is 5.69 Å². The normalized spacial score (nSPS) is 10.1. The minimum atomic E-state index is -0.687. The molecule has 0 spiro atoms. The average Bonchev–Trinajstić information content (AvgIpc) is 2.33. The van der Waals surface area contributed by atoms with Gasteiger partial charge in [-0.15, -0.1) is 0 Å². The van der Waals surface area contributed by atoms with Crippen LogP contribution in [0.25, 0.3) is 0 Å². The topological polar surface area (TPSA) is 24.1 Å². The van der Waals surface area contributed by atoms with Crippen LogP contribution in [-0.4, -0.2) is 5.11 Å². The molecule has 0 amide bonds. The van der Waals surface area contributed by atoms with E-state index in [9.17, 15) is 8.78 Å². The van der Waals surface area contributed by atoms with Crippen molar-refractivity contribution in [1.82, 2.24) is 0 Å². The van der Waals surface area contributed by atoms with E-state index >= 15 is 0 Å². The second-order valence-corrected chi connectivity index (χ2v) is 4.48. The van der Waals surface area contributed by atoms with E-state index in [0.29, 0.717) is 0 Å². The zero-order valence-corrected chi connectivity index (χ0v) is 11.0. The average molecular weight is 278 g/mol. The van der Waals surface area contributed by atoms with E-state index in [1.54, 1.807) is 0 Å². The van der Waals surface area contributed by atoms with Gasteiger partial charge in [-0.2, -0.15) is 0 Å². The number of halogens is 2. The molecule has 98 valence electrons. The van der Waals surface area contributed by atoms with Gasteiger partial charge in [0.1, 0.15) is 11.6 Å². The lowest BCUT2D eigenvalue weighted by Gasteiger charge is -2.11. The zero-order valence-electron chi connectivity index (χ0n) is 10.2. The molecule has 19 heavy (non-hydrogen) atoms. The number of hydrogen-bond donors (Lipinski definition) is 2. The van der Waals surface area contributed by atoms with E-state index in [4.69, 9.17) is 12.2 Å². The quantitative estimate of drug-likeness (QED) is 0.809. The molecular formula is C14H12F2N2S. The third kappa shape index (κ3) is 3.72. The van der Waals surface area contributed by atoms with Crippen LogP contribution in [0.15, 0.2) is 42.5 Å². The van der Waals surface area contributed by atoms with Crippen LogP contribution in [-0.2, 0) is 0 Å². The Labute approximate surface area is 115 Å². The van der Waals surface area contributed by atoms with E-state index in [1.165, 1.54) is 12.1 Å². The summed E-state index contributed by atoms with van der Waals surface area (Å²) in [5.74, 6) is -1.31. The molecular weight excluding hydrogens is 266 g/mol. The maximum absolute atomic E-state index is 13.4. The van der Waals surface area contributed by atoms with Gasteiger partial charge >= 0.3 is 0 Å². The SMILES string of the molecule is Cc1cccc(NC(=S)Nc2ccc(F)cc2F)c1. The molecule has 5 heteroatoms. The molecule has 0 radical (unpaired) electrons. The van der Waals surface area contributed by atoms with Gasteiger partial charge in [-0.3, -0.25) is 0 Å². The number of thiocarbonyl (C=S) groups is 1. The molecule has 2 rings (SSSR count). The van der Waals surface area contributed by atoms with Crippen molar-refractivity contribution in [1.29, 1.82) is 0 Å². The molecule has 0 aliphatic heterocycles. The molecule has 0 aliphatic rings. The first-order chi connectivity index (χ1) is 9.04. The smallest absolute Gasteiger partial charge is 0.175 e. The summed E-state index contributed by atoms with van der Waals surface area (Å²) in [5.41, 5.74) is 2.02. The monoisotopic (exact) mass is 278 g/mol. The van der Waals surface area contributed by atoms with Crippen molar-refractivity contribution in [3.63, 3.8) is 0 Å². The highest BCUT2D eigenvalue weighted by Gasteiger charge is 2.05. The summed E-state index contributed by atoms with van der Waals surface area (Å²) in [5, 5.41) is 5.86. The highest BCUT2D eigenvalue weighted by atomic mass is 32.1.